The molecular weight excluding hydrogens is 244 g/mol. The van der Waals surface area contributed by atoms with Crippen LogP contribution in [0.15, 0.2) is 11.6 Å². The highest BCUT2D eigenvalue weighted by molar-refractivity contribution is 5.94. The van der Waals surface area contributed by atoms with Crippen molar-refractivity contribution in [3.63, 3.8) is 0 Å². The normalized spacial score (nSPS) is 47.0. The van der Waals surface area contributed by atoms with Gasteiger partial charge < -0.3 is 0 Å². The molecule has 0 aliphatic heterocycles. The molecular formula is C19H28O. The van der Waals surface area contributed by atoms with Crippen LogP contribution in [0.25, 0.3) is 0 Å². The number of allylic oxidation sites excluding steroid dienone is 2. The molecule has 0 N–H and O–H groups in total. The molecule has 0 spiro atoms. The summed E-state index contributed by atoms with van der Waals surface area (Å²) in [7, 11) is 0. The molecule has 0 saturated heterocycles. The number of carbonyl (C=O) groups excluding carboxylic acids is 1. The average Bonchev–Trinajstić information content (AvgIpc) is 2.91. The second kappa shape index (κ2) is 5.00. The second-order valence-corrected chi connectivity index (χ2v) is 7.91. The zero-order chi connectivity index (χ0) is 13.7. The van der Waals surface area contributed by atoms with Crippen molar-refractivity contribution in [3.05, 3.63) is 11.6 Å². The minimum Gasteiger partial charge on any atom is -0.295 e. The molecule has 0 aromatic rings. The van der Waals surface area contributed by atoms with Crippen LogP contribution in [0.5, 0.6) is 0 Å². The van der Waals surface area contributed by atoms with E-state index in [1.165, 1.54) is 63.4 Å². The van der Waals surface area contributed by atoms with E-state index >= 15 is 0 Å². The lowest BCUT2D eigenvalue weighted by Crippen LogP contribution is -2.44. The lowest BCUT2D eigenvalue weighted by atomic mass is 9.53. The van der Waals surface area contributed by atoms with Gasteiger partial charge in [-0.3, -0.25) is 4.79 Å². The van der Waals surface area contributed by atoms with Gasteiger partial charge in [0.05, 0.1) is 0 Å². The van der Waals surface area contributed by atoms with Crippen molar-refractivity contribution >= 4 is 5.78 Å². The van der Waals surface area contributed by atoms with Gasteiger partial charge in [-0.1, -0.05) is 25.3 Å². The number of Topliss-reactive ketones (excluding diaryl/α,β-unsaturated/α-hetero) is 1. The van der Waals surface area contributed by atoms with Crippen LogP contribution < -0.4 is 0 Å². The summed E-state index contributed by atoms with van der Waals surface area (Å²) in [5.41, 5.74) is 1.19. The van der Waals surface area contributed by atoms with E-state index in [1.807, 2.05) is 0 Å². The standard InChI is InChI=1S/C19H28O/c1-12(20)14-8-9-19-16(14)10-11-17-15-5-3-2-4-13(15)6-7-18(17)19/h8,13,15-19H,2-7,9-11H2,1H3/t13?,15-,16+,17+,18+,19+/m0/s1. The third-order valence-electron chi connectivity index (χ3n) is 7.23. The van der Waals surface area contributed by atoms with Crippen molar-refractivity contribution in [2.24, 2.45) is 35.5 Å². The van der Waals surface area contributed by atoms with Crippen molar-refractivity contribution in [2.75, 3.05) is 0 Å². The van der Waals surface area contributed by atoms with Crippen molar-refractivity contribution < 1.29 is 4.79 Å². The van der Waals surface area contributed by atoms with Crippen LogP contribution in [0.3, 0.4) is 0 Å². The van der Waals surface area contributed by atoms with Crippen molar-refractivity contribution in [2.45, 2.75) is 64.7 Å². The van der Waals surface area contributed by atoms with Crippen LogP contribution in [-0.4, -0.2) is 5.78 Å². The van der Waals surface area contributed by atoms with Gasteiger partial charge >= 0.3 is 0 Å². The Morgan fingerprint density at radius 2 is 1.65 bits per heavy atom. The fourth-order valence-electron chi connectivity index (χ4n) is 6.49. The summed E-state index contributed by atoms with van der Waals surface area (Å²) < 4.78 is 0. The van der Waals surface area contributed by atoms with E-state index in [4.69, 9.17) is 0 Å². The zero-order valence-corrected chi connectivity index (χ0v) is 12.8. The van der Waals surface area contributed by atoms with Gasteiger partial charge in [-0.15, -0.1) is 0 Å². The lowest BCUT2D eigenvalue weighted by molar-refractivity contribution is -0.114. The van der Waals surface area contributed by atoms with E-state index in [2.05, 4.69) is 6.08 Å². The Balaban J connectivity index is 1.54. The predicted octanol–water partition coefficient (Wildman–Crippen LogP) is 4.76. The fourth-order valence-corrected chi connectivity index (χ4v) is 6.49. The molecule has 3 saturated carbocycles. The first-order valence-electron chi connectivity index (χ1n) is 8.96. The van der Waals surface area contributed by atoms with Crippen LogP contribution in [0.1, 0.15) is 64.7 Å². The van der Waals surface area contributed by atoms with Crippen LogP contribution in [0, 0.1) is 35.5 Å². The van der Waals surface area contributed by atoms with Crippen LogP contribution in [0.4, 0.5) is 0 Å². The monoisotopic (exact) mass is 272 g/mol. The molecule has 20 heavy (non-hydrogen) atoms. The molecule has 6 atom stereocenters. The van der Waals surface area contributed by atoms with Crippen molar-refractivity contribution in [3.8, 4) is 0 Å². The zero-order valence-electron chi connectivity index (χ0n) is 12.8. The van der Waals surface area contributed by atoms with E-state index in [0.29, 0.717) is 11.7 Å². The quantitative estimate of drug-likeness (QED) is 0.672. The molecule has 0 heterocycles. The van der Waals surface area contributed by atoms with Gasteiger partial charge in [0, 0.05) is 0 Å². The Hall–Kier alpha value is -0.590. The largest absolute Gasteiger partial charge is 0.295 e. The molecule has 4 aliphatic rings. The van der Waals surface area contributed by atoms with E-state index in [0.717, 1.165) is 29.6 Å². The fraction of sp³-hybridized carbons (Fsp3) is 0.842. The maximum Gasteiger partial charge on any atom is 0.155 e. The third-order valence-corrected chi connectivity index (χ3v) is 7.23. The lowest BCUT2D eigenvalue weighted by Gasteiger charge is -2.52. The first-order chi connectivity index (χ1) is 9.75. The minimum absolute atomic E-state index is 0.349. The average molecular weight is 272 g/mol. The summed E-state index contributed by atoms with van der Waals surface area (Å²) in [5.74, 6) is 5.87. The van der Waals surface area contributed by atoms with Crippen molar-refractivity contribution in [1.82, 2.24) is 0 Å². The second-order valence-electron chi connectivity index (χ2n) is 7.91. The van der Waals surface area contributed by atoms with Crippen molar-refractivity contribution in [1.29, 1.82) is 0 Å². The molecule has 110 valence electrons. The first-order valence-corrected chi connectivity index (χ1v) is 8.96. The molecule has 1 heteroatoms. The van der Waals surface area contributed by atoms with E-state index in [-0.39, 0.29) is 0 Å². The maximum atomic E-state index is 11.8. The van der Waals surface area contributed by atoms with Crippen LogP contribution >= 0.6 is 0 Å². The smallest absolute Gasteiger partial charge is 0.155 e. The minimum atomic E-state index is 0.349. The molecule has 1 nitrogen and oxygen atoms in total. The Morgan fingerprint density at radius 3 is 2.50 bits per heavy atom. The highest BCUT2D eigenvalue weighted by atomic mass is 16.1. The van der Waals surface area contributed by atoms with Gasteiger partial charge in [-0.05, 0) is 86.5 Å². The highest BCUT2D eigenvalue weighted by Gasteiger charge is 2.49. The molecule has 1 unspecified atom stereocenters. The van der Waals surface area contributed by atoms with Gasteiger partial charge in [0.15, 0.2) is 5.78 Å². The summed E-state index contributed by atoms with van der Waals surface area (Å²) >= 11 is 0. The summed E-state index contributed by atoms with van der Waals surface area (Å²) in [6.45, 7) is 1.78. The number of hydrogen-bond donors (Lipinski definition) is 0. The van der Waals surface area contributed by atoms with Crippen LogP contribution in [-0.2, 0) is 4.79 Å². The number of hydrogen-bond acceptors (Lipinski definition) is 1. The summed E-state index contributed by atoms with van der Waals surface area (Å²) in [4.78, 5) is 11.8. The molecule has 0 bridgehead atoms. The third kappa shape index (κ3) is 1.92. The molecule has 4 aliphatic carbocycles. The Labute approximate surface area is 123 Å². The van der Waals surface area contributed by atoms with Gasteiger partial charge in [0.25, 0.3) is 0 Å². The number of rotatable bonds is 1. The summed E-state index contributed by atoms with van der Waals surface area (Å²) in [6.07, 6.45) is 15.2. The number of ketones is 1. The maximum absolute atomic E-state index is 11.8. The molecule has 0 radical (unpaired) electrons. The highest BCUT2D eigenvalue weighted by Crippen LogP contribution is 2.57. The first kappa shape index (κ1) is 13.1. The topological polar surface area (TPSA) is 17.1 Å². The Kier molecular flexibility index (Phi) is 3.27. The van der Waals surface area contributed by atoms with E-state index in [9.17, 15) is 4.79 Å². The van der Waals surface area contributed by atoms with Gasteiger partial charge in [0.1, 0.15) is 0 Å². The SMILES string of the molecule is CC(=O)C1=CC[C@H]2[C@@H]3CCC4CCCC[C@@H]4[C@H]3CC[C@H]12. The molecule has 3 fully saturated rings. The van der Waals surface area contributed by atoms with Gasteiger partial charge in [-0.2, -0.15) is 0 Å². The molecule has 0 aromatic carbocycles. The Morgan fingerprint density at radius 1 is 0.900 bits per heavy atom. The number of carbonyl (C=O) groups is 1. The predicted molar refractivity (Wildman–Crippen MR) is 81.3 cm³/mol. The van der Waals surface area contributed by atoms with Gasteiger partial charge in [0.2, 0.25) is 0 Å². The molecule has 0 aromatic heterocycles. The molecule has 0 amide bonds. The number of fused-ring (bicyclic) bond motifs is 5. The van der Waals surface area contributed by atoms with Gasteiger partial charge in [-0.25, -0.2) is 0 Å². The Bertz CT molecular complexity index is 435. The van der Waals surface area contributed by atoms with E-state index < -0.39 is 0 Å². The summed E-state index contributed by atoms with van der Waals surface area (Å²) in [5, 5.41) is 0. The van der Waals surface area contributed by atoms with E-state index in [1.54, 1.807) is 6.92 Å². The summed E-state index contributed by atoms with van der Waals surface area (Å²) in [6, 6.07) is 0. The van der Waals surface area contributed by atoms with Crippen LogP contribution in [0.2, 0.25) is 0 Å². The molecule has 4 rings (SSSR count).